The minimum atomic E-state index is -0.454. The Labute approximate surface area is 129 Å². The molecule has 116 valence electrons. The van der Waals surface area contributed by atoms with Crippen molar-refractivity contribution < 1.29 is 19.1 Å². The van der Waals surface area contributed by atoms with Crippen molar-refractivity contribution >= 4 is 22.7 Å². The van der Waals surface area contributed by atoms with E-state index in [9.17, 15) is 9.59 Å². The third-order valence-corrected chi connectivity index (χ3v) is 3.55. The van der Waals surface area contributed by atoms with Crippen molar-refractivity contribution in [3.8, 4) is 0 Å². The summed E-state index contributed by atoms with van der Waals surface area (Å²) in [6.07, 6.45) is 0. The number of aromatic nitrogens is 1. The summed E-state index contributed by atoms with van der Waals surface area (Å²) >= 11 is 0. The van der Waals surface area contributed by atoms with E-state index in [1.165, 1.54) is 7.11 Å². The summed E-state index contributed by atoms with van der Waals surface area (Å²) in [5.74, 6) is -1.15. The molecule has 2 rings (SSSR count). The SMILES string of the molecule is CCOC(=O)[C@H](C)c1cc2cc(C(=O)OC)ccc2c(C)n1. The van der Waals surface area contributed by atoms with Crippen molar-refractivity contribution in [2.45, 2.75) is 26.7 Å². The highest BCUT2D eigenvalue weighted by Crippen LogP contribution is 2.24. The maximum Gasteiger partial charge on any atom is 0.337 e. The number of carbonyl (C=O) groups excluding carboxylic acids is 2. The van der Waals surface area contributed by atoms with E-state index in [2.05, 4.69) is 4.98 Å². The normalized spacial score (nSPS) is 12.0. The zero-order chi connectivity index (χ0) is 16.3. The summed E-state index contributed by atoms with van der Waals surface area (Å²) in [6.45, 7) is 5.74. The molecular formula is C17H19NO4. The van der Waals surface area contributed by atoms with E-state index < -0.39 is 11.9 Å². The van der Waals surface area contributed by atoms with Crippen LogP contribution in [0.5, 0.6) is 0 Å². The Hall–Kier alpha value is -2.43. The van der Waals surface area contributed by atoms with E-state index in [1.807, 2.05) is 19.1 Å². The van der Waals surface area contributed by atoms with Gasteiger partial charge >= 0.3 is 11.9 Å². The molecule has 0 saturated carbocycles. The Morgan fingerprint density at radius 1 is 1.27 bits per heavy atom. The van der Waals surface area contributed by atoms with E-state index >= 15 is 0 Å². The lowest BCUT2D eigenvalue weighted by Crippen LogP contribution is -2.14. The second-order valence-electron chi connectivity index (χ2n) is 5.03. The summed E-state index contributed by atoms with van der Waals surface area (Å²) in [5, 5.41) is 1.79. The molecule has 5 heteroatoms. The van der Waals surface area contributed by atoms with E-state index in [0.717, 1.165) is 16.5 Å². The van der Waals surface area contributed by atoms with Gasteiger partial charge in [0.15, 0.2) is 0 Å². The van der Waals surface area contributed by atoms with Crippen molar-refractivity contribution in [2.24, 2.45) is 0 Å². The molecular weight excluding hydrogens is 282 g/mol. The second-order valence-corrected chi connectivity index (χ2v) is 5.03. The molecule has 0 bridgehead atoms. The van der Waals surface area contributed by atoms with Crippen LogP contribution < -0.4 is 0 Å². The molecule has 0 unspecified atom stereocenters. The molecule has 22 heavy (non-hydrogen) atoms. The summed E-state index contributed by atoms with van der Waals surface area (Å²) < 4.78 is 9.77. The second kappa shape index (κ2) is 6.56. The van der Waals surface area contributed by atoms with Crippen LogP contribution in [0.25, 0.3) is 10.8 Å². The van der Waals surface area contributed by atoms with Gasteiger partial charge < -0.3 is 9.47 Å². The van der Waals surface area contributed by atoms with Crippen LogP contribution >= 0.6 is 0 Å². The first-order valence-electron chi connectivity index (χ1n) is 7.14. The van der Waals surface area contributed by atoms with Crippen LogP contribution in [-0.4, -0.2) is 30.6 Å². The molecule has 0 radical (unpaired) electrons. The number of ether oxygens (including phenoxy) is 2. The number of benzene rings is 1. The van der Waals surface area contributed by atoms with E-state index in [-0.39, 0.29) is 5.97 Å². The number of rotatable bonds is 4. The summed E-state index contributed by atoms with van der Waals surface area (Å²) in [5.41, 5.74) is 1.90. The maximum absolute atomic E-state index is 11.9. The van der Waals surface area contributed by atoms with Crippen LogP contribution in [0.3, 0.4) is 0 Å². The fourth-order valence-electron chi connectivity index (χ4n) is 2.31. The monoisotopic (exact) mass is 301 g/mol. The smallest absolute Gasteiger partial charge is 0.337 e. The molecule has 1 atom stereocenters. The number of hydrogen-bond donors (Lipinski definition) is 0. The molecule has 1 aromatic carbocycles. The van der Waals surface area contributed by atoms with Gasteiger partial charge in [0.05, 0.1) is 30.9 Å². The van der Waals surface area contributed by atoms with Crippen LogP contribution in [0.15, 0.2) is 24.3 Å². The number of hydrogen-bond acceptors (Lipinski definition) is 5. The highest BCUT2D eigenvalue weighted by Gasteiger charge is 2.19. The molecule has 0 aliphatic rings. The fourth-order valence-corrected chi connectivity index (χ4v) is 2.31. The molecule has 0 spiro atoms. The van der Waals surface area contributed by atoms with Gasteiger partial charge in [-0.05, 0) is 44.4 Å². The minimum Gasteiger partial charge on any atom is -0.465 e. The number of methoxy groups -OCH3 is 1. The topological polar surface area (TPSA) is 65.5 Å². The van der Waals surface area contributed by atoms with E-state index in [1.54, 1.807) is 26.0 Å². The molecule has 0 N–H and O–H groups in total. The Kier molecular flexibility index (Phi) is 4.75. The number of carbonyl (C=O) groups is 2. The highest BCUT2D eigenvalue weighted by molar-refractivity contribution is 5.96. The molecule has 1 aromatic heterocycles. The number of esters is 2. The zero-order valence-corrected chi connectivity index (χ0v) is 13.2. The molecule has 0 saturated heterocycles. The molecule has 2 aromatic rings. The Bertz CT molecular complexity index is 724. The van der Waals surface area contributed by atoms with Crippen molar-refractivity contribution in [3.05, 3.63) is 41.2 Å². The average Bonchev–Trinajstić information content (AvgIpc) is 2.52. The predicted molar refractivity (Wildman–Crippen MR) is 82.9 cm³/mol. The van der Waals surface area contributed by atoms with E-state index in [0.29, 0.717) is 17.9 Å². The first-order valence-corrected chi connectivity index (χ1v) is 7.14. The van der Waals surface area contributed by atoms with Gasteiger partial charge in [-0.2, -0.15) is 0 Å². The van der Waals surface area contributed by atoms with Gasteiger partial charge in [0.2, 0.25) is 0 Å². The summed E-state index contributed by atoms with van der Waals surface area (Å²) in [4.78, 5) is 28.0. The van der Waals surface area contributed by atoms with Crippen LogP contribution in [0.1, 0.15) is 41.5 Å². The molecule has 0 aliphatic carbocycles. The van der Waals surface area contributed by atoms with Gasteiger partial charge in [0, 0.05) is 11.1 Å². The van der Waals surface area contributed by atoms with Gasteiger partial charge in [-0.1, -0.05) is 6.07 Å². The summed E-state index contributed by atoms with van der Waals surface area (Å²) in [7, 11) is 1.35. The number of fused-ring (bicyclic) bond motifs is 1. The minimum absolute atomic E-state index is 0.308. The number of aryl methyl sites for hydroxylation is 1. The van der Waals surface area contributed by atoms with Crippen molar-refractivity contribution in [1.29, 1.82) is 0 Å². The van der Waals surface area contributed by atoms with Crippen LogP contribution in [0.4, 0.5) is 0 Å². The lowest BCUT2D eigenvalue weighted by molar-refractivity contribution is -0.144. The largest absolute Gasteiger partial charge is 0.465 e. The predicted octanol–water partition coefficient (Wildman–Crippen LogP) is 3.00. The first-order chi connectivity index (χ1) is 10.5. The Morgan fingerprint density at radius 3 is 2.64 bits per heavy atom. The van der Waals surface area contributed by atoms with Crippen LogP contribution in [0, 0.1) is 6.92 Å². The van der Waals surface area contributed by atoms with Crippen LogP contribution in [0.2, 0.25) is 0 Å². The van der Waals surface area contributed by atoms with Crippen LogP contribution in [-0.2, 0) is 14.3 Å². The zero-order valence-electron chi connectivity index (χ0n) is 13.2. The van der Waals surface area contributed by atoms with Gasteiger partial charge in [-0.25, -0.2) is 4.79 Å². The molecule has 0 amide bonds. The van der Waals surface area contributed by atoms with Gasteiger partial charge in [0.25, 0.3) is 0 Å². The third kappa shape index (κ3) is 3.08. The lowest BCUT2D eigenvalue weighted by atomic mass is 10.0. The number of nitrogens with zero attached hydrogens (tertiary/aromatic N) is 1. The highest BCUT2D eigenvalue weighted by atomic mass is 16.5. The quantitative estimate of drug-likeness (QED) is 0.812. The fraction of sp³-hybridized carbons (Fsp3) is 0.353. The van der Waals surface area contributed by atoms with E-state index in [4.69, 9.17) is 9.47 Å². The van der Waals surface area contributed by atoms with Gasteiger partial charge in [-0.15, -0.1) is 0 Å². The standard InChI is InChI=1S/C17H19NO4/c1-5-22-16(19)10(2)15-9-13-8-12(17(20)21-4)6-7-14(13)11(3)18-15/h6-10H,5H2,1-4H3/t10-/m1/s1. The van der Waals surface area contributed by atoms with Gasteiger partial charge in [-0.3, -0.25) is 9.78 Å². The number of pyridine rings is 1. The molecule has 0 fully saturated rings. The van der Waals surface area contributed by atoms with Crippen molar-refractivity contribution in [2.75, 3.05) is 13.7 Å². The lowest BCUT2D eigenvalue weighted by Gasteiger charge is -2.13. The average molecular weight is 301 g/mol. The molecule has 5 nitrogen and oxygen atoms in total. The summed E-state index contributed by atoms with van der Waals surface area (Å²) in [6, 6.07) is 7.10. The Morgan fingerprint density at radius 2 is 2.00 bits per heavy atom. The third-order valence-electron chi connectivity index (χ3n) is 3.55. The molecule has 0 aliphatic heterocycles. The first kappa shape index (κ1) is 15.9. The molecule has 1 heterocycles. The van der Waals surface area contributed by atoms with Crippen molar-refractivity contribution in [1.82, 2.24) is 4.98 Å². The maximum atomic E-state index is 11.9. The van der Waals surface area contributed by atoms with Gasteiger partial charge in [0.1, 0.15) is 0 Å². The Balaban J connectivity index is 2.49. The van der Waals surface area contributed by atoms with Crippen molar-refractivity contribution in [3.63, 3.8) is 0 Å².